The molecule has 0 saturated heterocycles. The van der Waals surface area contributed by atoms with Gasteiger partial charge in [0.15, 0.2) is 5.78 Å². The highest BCUT2D eigenvalue weighted by atomic mass is 16.5. The number of hydrogen-bond donors (Lipinski definition) is 1. The molecule has 1 aromatic rings. The molecule has 4 heteroatoms. The Balaban J connectivity index is 2.75. The van der Waals surface area contributed by atoms with Crippen LogP contribution in [0.15, 0.2) is 18.2 Å². The lowest BCUT2D eigenvalue weighted by Crippen LogP contribution is -2.05. The number of carboxylic acids is 1. The normalized spacial score (nSPS) is 10.1. The van der Waals surface area contributed by atoms with E-state index in [1.54, 1.807) is 19.2 Å². The van der Waals surface area contributed by atoms with Crippen LogP contribution in [0.3, 0.4) is 0 Å². The Kier molecular flexibility index (Phi) is 5.36. The summed E-state index contributed by atoms with van der Waals surface area (Å²) in [7, 11) is 1.59. The van der Waals surface area contributed by atoms with Gasteiger partial charge < -0.3 is 9.84 Å². The van der Waals surface area contributed by atoms with Gasteiger partial charge in [-0.3, -0.25) is 9.59 Å². The van der Waals surface area contributed by atoms with Crippen molar-refractivity contribution >= 4 is 11.8 Å². The van der Waals surface area contributed by atoms with Crippen LogP contribution in [0.25, 0.3) is 0 Å². The second-order valence-electron chi connectivity index (χ2n) is 4.05. The first-order chi connectivity index (χ1) is 8.58. The van der Waals surface area contributed by atoms with E-state index in [1.165, 1.54) is 0 Å². The SMILES string of the molecule is CCc1cc(OC)ccc1C(=O)CCCC(=O)O. The molecule has 0 fully saturated rings. The summed E-state index contributed by atoms with van der Waals surface area (Å²) in [6.45, 7) is 1.98. The van der Waals surface area contributed by atoms with Gasteiger partial charge in [0.25, 0.3) is 0 Å². The molecule has 0 saturated carbocycles. The van der Waals surface area contributed by atoms with E-state index in [-0.39, 0.29) is 18.6 Å². The van der Waals surface area contributed by atoms with Gasteiger partial charge >= 0.3 is 5.97 Å². The average molecular weight is 250 g/mol. The number of carbonyl (C=O) groups excluding carboxylic acids is 1. The van der Waals surface area contributed by atoms with Crippen molar-refractivity contribution in [2.24, 2.45) is 0 Å². The number of rotatable bonds is 7. The Morgan fingerprint density at radius 1 is 1.28 bits per heavy atom. The van der Waals surface area contributed by atoms with Gasteiger partial charge in [-0.05, 0) is 36.6 Å². The average Bonchev–Trinajstić information content (AvgIpc) is 2.37. The molecule has 0 radical (unpaired) electrons. The van der Waals surface area contributed by atoms with Crippen LogP contribution in [0.1, 0.15) is 42.1 Å². The first-order valence-corrected chi connectivity index (χ1v) is 6.00. The summed E-state index contributed by atoms with van der Waals surface area (Å²) >= 11 is 0. The topological polar surface area (TPSA) is 63.6 Å². The molecule has 1 rings (SSSR count). The van der Waals surface area contributed by atoms with Crippen LogP contribution in [0.4, 0.5) is 0 Å². The number of ether oxygens (including phenoxy) is 1. The minimum atomic E-state index is -0.867. The number of methoxy groups -OCH3 is 1. The van der Waals surface area contributed by atoms with Crippen molar-refractivity contribution in [1.82, 2.24) is 0 Å². The first-order valence-electron chi connectivity index (χ1n) is 6.00. The molecule has 0 atom stereocenters. The lowest BCUT2D eigenvalue weighted by Gasteiger charge is -2.09. The quantitative estimate of drug-likeness (QED) is 0.756. The van der Waals surface area contributed by atoms with Gasteiger partial charge in [-0.25, -0.2) is 0 Å². The zero-order chi connectivity index (χ0) is 13.5. The first kappa shape index (κ1) is 14.2. The van der Waals surface area contributed by atoms with Crippen molar-refractivity contribution in [1.29, 1.82) is 0 Å². The number of ketones is 1. The molecule has 0 aliphatic heterocycles. The highest BCUT2D eigenvalue weighted by molar-refractivity contribution is 5.97. The standard InChI is InChI=1S/C14H18O4/c1-3-10-9-11(18-2)7-8-12(10)13(15)5-4-6-14(16)17/h7-9H,3-6H2,1-2H3,(H,16,17). The van der Waals surface area contributed by atoms with Crippen molar-refractivity contribution in [3.05, 3.63) is 29.3 Å². The molecule has 18 heavy (non-hydrogen) atoms. The fourth-order valence-electron chi connectivity index (χ4n) is 1.80. The number of carbonyl (C=O) groups is 2. The Bertz CT molecular complexity index is 437. The van der Waals surface area contributed by atoms with Gasteiger partial charge in [0.05, 0.1) is 7.11 Å². The Morgan fingerprint density at radius 3 is 2.56 bits per heavy atom. The van der Waals surface area contributed by atoms with Crippen LogP contribution in [-0.4, -0.2) is 24.0 Å². The van der Waals surface area contributed by atoms with E-state index in [1.807, 2.05) is 13.0 Å². The minimum absolute atomic E-state index is 0.00393. The van der Waals surface area contributed by atoms with Crippen LogP contribution < -0.4 is 4.74 Å². The van der Waals surface area contributed by atoms with E-state index in [4.69, 9.17) is 9.84 Å². The van der Waals surface area contributed by atoms with Crippen LogP contribution in [0.2, 0.25) is 0 Å². The van der Waals surface area contributed by atoms with Crippen molar-refractivity contribution < 1.29 is 19.4 Å². The summed E-state index contributed by atoms with van der Waals surface area (Å²) in [4.78, 5) is 22.4. The van der Waals surface area contributed by atoms with Crippen molar-refractivity contribution in [2.45, 2.75) is 32.6 Å². The van der Waals surface area contributed by atoms with E-state index < -0.39 is 5.97 Å². The van der Waals surface area contributed by atoms with E-state index in [9.17, 15) is 9.59 Å². The third-order valence-electron chi connectivity index (χ3n) is 2.79. The van der Waals surface area contributed by atoms with E-state index in [2.05, 4.69) is 0 Å². The fourth-order valence-corrected chi connectivity index (χ4v) is 1.80. The molecular formula is C14H18O4. The monoisotopic (exact) mass is 250 g/mol. The third kappa shape index (κ3) is 3.87. The summed E-state index contributed by atoms with van der Waals surface area (Å²) in [6, 6.07) is 5.36. The maximum atomic E-state index is 12.0. The summed E-state index contributed by atoms with van der Waals surface area (Å²) in [5.41, 5.74) is 1.61. The molecule has 0 spiro atoms. The molecule has 0 heterocycles. The summed E-state index contributed by atoms with van der Waals surface area (Å²) < 4.78 is 5.12. The predicted molar refractivity (Wildman–Crippen MR) is 68.2 cm³/mol. The molecule has 0 aliphatic rings. The number of Topliss-reactive ketones (excluding diaryl/α,β-unsaturated/α-hetero) is 1. The number of benzene rings is 1. The largest absolute Gasteiger partial charge is 0.497 e. The highest BCUT2D eigenvalue weighted by Crippen LogP contribution is 2.20. The number of hydrogen-bond acceptors (Lipinski definition) is 3. The van der Waals surface area contributed by atoms with Crippen molar-refractivity contribution in [2.75, 3.05) is 7.11 Å². The Morgan fingerprint density at radius 2 is 2.00 bits per heavy atom. The molecule has 1 aromatic carbocycles. The van der Waals surface area contributed by atoms with Gasteiger partial charge in [-0.2, -0.15) is 0 Å². The van der Waals surface area contributed by atoms with Crippen LogP contribution in [-0.2, 0) is 11.2 Å². The van der Waals surface area contributed by atoms with Gasteiger partial charge in [0.2, 0.25) is 0 Å². The van der Waals surface area contributed by atoms with Gasteiger partial charge in [0.1, 0.15) is 5.75 Å². The zero-order valence-electron chi connectivity index (χ0n) is 10.7. The van der Waals surface area contributed by atoms with Gasteiger partial charge in [0, 0.05) is 18.4 Å². The van der Waals surface area contributed by atoms with E-state index >= 15 is 0 Å². The van der Waals surface area contributed by atoms with Crippen molar-refractivity contribution in [3.63, 3.8) is 0 Å². The van der Waals surface area contributed by atoms with Crippen LogP contribution in [0.5, 0.6) is 5.75 Å². The number of carboxylic acid groups (broad SMARTS) is 1. The van der Waals surface area contributed by atoms with Gasteiger partial charge in [-0.15, -0.1) is 0 Å². The fraction of sp³-hybridized carbons (Fsp3) is 0.429. The van der Waals surface area contributed by atoms with Crippen molar-refractivity contribution in [3.8, 4) is 5.75 Å². The van der Waals surface area contributed by atoms with Crippen LogP contribution in [0, 0.1) is 0 Å². The summed E-state index contributed by atoms with van der Waals surface area (Å²) in [6.07, 6.45) is 1.43. The maximum absolute atomic E-state index is 12.0. The molecule has 0 aromatic heterocycles. The lowest BCUT2D eigenvalue weighted by atomic mass is 9.98. The minimum Gasteiger partial charge on any atom is -0.497 e. The maximum Gasteiger partial charge on any atom is 0.303 e. The van der Waals surface area contributed by atoms with Crippen LogP contribution >= 0.6 is 0 Å². The second kappa shape index (κ2) is 6.79. The van der Waals surface area contributed by atoms with Gasteiger partial charge in [-0.1, -0.05) is 6.92 Å². The smallest absolute Gasteiger partial charge is 0.303 e. The zero-order valence-corrected chi connectivity index (χ0v) is 10.7. The molecule has 0 bridgehead atoms. The molecule has 0 amide bonds. The molecule has 98 valence electrons. The Labute approximate surface area is 107 Å². The van der Waals surface area contributed by atoms with E-state index in [0.29, 0.717) is 12.0 Å². The van der Waals surface area contributed by atoms with E-state index in [0.717, 1.165) is 17.7 Å². The highest BCUT2D eigenvalue weighted by Gasteiger charge is 2.11. The summed E-state index contributed by atoms with van der Waals surface area (Å²) in [5, 5.41) is 8.54. The summed E-state index contributed by atoms with van der Waals surface area (Å²) in [5.74, 6) is -0.141. The number of aryl methyl sites for hydroxylation is 1. The third-order valence-corrected chi connectivity index (χ3v) is 2.79. The molecule has 4 nitrogen and oxygen atoms in total. The number of aliphatic carboxylic acids is 1. The predicted octanol–water partition coefficient (Wildman–Crippen LogP) is 2.70. The Hall–Kier alpha value is -1.84. The molecule has 1 N–H and O–H groups in total. The molecule has 0 unspecified atom stereocenters. The molecular weight excluding hydrogens is 232 g/mol. The molecule has 0 aliphatic carbocycles. The second-order valence-corrected chi connectivity index (χ2v) is 4.05. The lowest BCUT2D eigenvalue weighted by molar-refractivity contribution is -0.137.